The Labute approximate surface area is 144 Å². The third kappa shape index (κ3) is 2.71. The molecule has 8 nitrogen and oxygen atoms in total. The van der Waals surface area contributed by atoms with Gasteiger partial charge in [-0.3, -0.25) is 9.78 Å². The summed E-state index contributed by atoms with van der Waals surface area (Å²) in [5.41, 5.74) is 6.98. The van der Waals surface area contributed by atoms with Crippen molar-refractivity contribution in [3.8, 4) is 11.5 Å². The fraction of sp³-hybridized carbons (Fsp3) is 0.235. The monoisotopic (exact) mass is 335 g/mol. The Balaban J connectivity index is 1.65. The van der Waals surface area contributed by atoms with Gasteiger partial charge in [0, 0.05) is 24.5 Å². The first-order valence-corrected chi connectivity index (χ1v) is 7.99. The predicted molar refractivity (Wildman–Crippen MR) is 91.4 cm³/mol. The molecule has 3 aromatic heterocycles. The molecule has 25 heavy (non-hydrogen) atoms. The lowest BCUT2D eigenvalue weighted by Gasteiger charge is -2.32. The van der Waals surface area contributed by atoms with E-state index in [0.717, 1.165) is 17.3 Å². The van der Waals surface area contributed by atoms with Crippen molar-refractivity contribution in [2.24, 2.45) is 0 Å². The zero-order chi connectivity index (χ0) is 17.4. The van der Waals surface area contributed by atoms with Gasteiger partial charge in [0.25, 0.3) is 5.91 Å². The van der Waals surface area contributed by atoms with Gasteiger partial charge in [-0.2, -0.15) is 0 Å². The Bertz CT molecular complexity index is 922. The number of carbonyl (C=O) groups is 1. The number of anilines is 1. The van der Waals surface area contributed by atoms with Crippen molar-refractivity contribution in [3.05, 3.63) is 54.1 Å². The van der Waals surface area contributed by atoms with Crippen LogP contribution in [0.15, 0.2) is 42.7 Å². The van der Waals surface area contributed by atoms with Crippen molar-refractivity contribution in [2.45, 2.75) is 19.5 Å². The molecule has 3 aromatic rings. The lowest BCUT2D eigenvalue weighted by molar-refractivity contribution is 0.0682. The topological polar surface area (TPSA) is 103 Å². The number of carbonyl (C=O) groups excluding carboxylic acids is 1. The molecule has 1 atom stereocenters. The van der Waals surface area contributed by atoms with E-state index in [4.69, 9.17) is 5.73 Å². The number of fused-ring (bicyclic) bond motifs is 1. The lowest BCUT2D eigenvalue weighted by atomic mass is 10.1. The molecule has 8 heteroatoms. The summed E-state index contributed by atoms with van der Waals surface area (Å²) in [5, 5.41) is 8.55. The molecule has 0 aliphatic carbocycles. The van der Waals surface area contributed by atoms with Gasteiger partial charge >= 0.3 is 0 Å². The molecule has 0 unspecified atom stereocenters. The third-order valence-electron chi connectivity index (χ3n) is 4.23. The van der Waals surface area contributed by atoms with Gasteiger partial charge in [-0.15, -0.1) is 10.2 Å². The highest BCUT2D eigenvalue weighted by Crippen LogP contribution is 2.27. The second-order valence-corrected chi connectivity index (χ2v) is 6.03. The fourth-order valence-electron chi connectivity index (χ4n) is 3.12. The maximum absolute atomic E-state index is 12.8. The van der Waals surface area contributed by atoms with Gasteiger partial charge < -0.3 is 15.2 Å². The number of hydrogen-bond acceptors (Lipinski definition) is 6. The zero-order valence-electron chi connectivity index (χ0n) is 13.7. The zero-order valence-corrected chi connectivity index (χ0v) is 13.7. The number of nitrogen functional groups attached to an aromatic ring is 1. The minimum atomic E-state index is -0.0883. The van der Waals surface area contributed by atoms with Crippen molar-refractivity contribution in [2.75, 3.05) is 12.3 Å². The van der Waals surface area contributed by atoms with Gasteiger partial charge in [-0.05, 0) is 31.2 Å². The minimum absolute atomic E-state index is 0.0406. The van der Waals surface area contributed by atoms with Crippen LogP contribution in [0.4, 0.5) is 5.82 Å². The molecule has 0 saturated carbocycles. The SMILES string of the molecule is C[C@H]1CN(C(=O)c2ccnc(N)c2)Cc2nnc(-c3ccccn3)n21. The Kier molecular flexibility index (Phi) is 3.64. The Hall–Kier alpha value is -3.29. The van der Waals surface area contributed by atoms with E-state index in [-0.39, 0.29) is 11.9 Å². The molecule has 0 fully saturated rings. The van der Waals surface area contributed by atoms with Gasteiger partial charge in [0.1, 0.15) is 11.5 Å². The summed E-state index contributed by atoms with van der Waals surface area (Å²) < 4.78 is 2.05. The number of pyridine rings is 2. The van der Waals surface area contributed by atoms with Crippen molar-refractivity contribution >= 4 is 11.7 Å². The van der Waals surface area contributed by atoms with Crippen LogP contribution in [-0.2, 0) is 6.54 Å². The van der Waals surface area contributed by atoms with E-state index in [1.165, 1.54) is 6.20 Å². The molecule has 0 bridgehead atoms. The summed E-state index contributed by atoms with van der Waals surface area (Å²) >= 11 is 0. The Morgan fingerprint density at radius 2 is 2.08 bits per heavy atom. The molecular weight excluding hydrogens is 318 g/mol. The predicted octanol–water partition coefficient (Wildman–Crippen LogP) is 1.53. The van der Waals surface area contributed by atoms with Crippen LogP contribution in [0.1, 0.15) is 29.1 Å². The van der Waals surface area contributed by atoms with Gasteiger partial charge in [-0.25, -0.2) is 4.98 Å². The van der Waals surface area contributed by atoms with Crippen molar-refractivity contribution in [1.29, 1.82) is 0 Å². The fourth-order valence-corrected chi connectivity index (χ4v) is 3.12. The Morgan fingerprint density at radius 1 is 1.20 bits per heavy atom. The van der Waals surface area contributed by atoms with Gasteiger partial charge in [0.15, 0.2) is 11.6 Å². The highest BCUT2D eigenvalue weighted by Gasteiger charge is 2.30. The van der Waals surface area contributed by atoms with E-state index in [1.54, 1.807) is 23.2 Å². The number of rotatable bonds is 2. The number of aromatic nitrogens is 5. The van der Waals surface area contributed by atoms with Gasteiger partial charge in [0.2, 0.25) is 0 Å². The summed E-state index contributed by atoms with van der Waals surface area (Å²) in [6.07, 6.45) is 3.27. The van der Waals surface area contributed by atoms with E-state index < -0.39 is 0 Å². The quantitative estimate of drug-likeness (QED) is 0.762. The van der Waals surface area contributed by atoms with Crippen LogP contribution in [0.5, 0.6) is 0 Å². The minimum Gasteiger partial charge on any atom is -0.384 e. The molecule has 1 amide bonds. The molecular formula is C17H17N7O. The van der Waals surface area contributed by atoms with Crippen LogP contribution in [0.25, 0.3) is 11.5 Å². The first-order chi connectivity index (χ1) is 12.1. The molecule has 4 heterocycles. The van der Waals surface area contributed by atoms with Gasteiger partial charge in [-0.1, -0.05) is 6.07 Å². The second kappa shape index (κ2) is 5.97. The number of hydrogen-bond donors (Lipinski definition) is 1. The summed E-state index contributed by atoms with van der Waals surface area (Å²) in [5.74, 6) is 1.71. The maximum atomic E-state index is 12.8. The molecule has 2 N–H and O–H groups in total. The summed E-state index contributed by atoms with van der Waals surface area (Å²) in [6.45, 7) is 3.00. The molecule has 0 saturated heterocycles. The average molecular weight is 335 g/mol. The third-order valence-corrected chi connectivity index (χ3v) is 4.23. The maximum Gasteiger partial charge on any atom is 0.254 e. The van der Waals surface area contributed by atoms with E-state index in [1.807, 2.05) is 29.7 Å². The molecule has 0 radical (unpaired) electrons. The van der Waals surface area contributed by atoms with Crippen LogP contribution in [0, 0.1) is 0 Å². The van der Waals surface area contributed by atoms with E-state index >= 15 is 0 Å². The smallest absolute Gasteiger partial charge is 0.254 e. The molecule has 4 rings (SSSR count). The lowest BCUT2D eigenvalue weighted by Crippen LogP contribution is -2.40. The van der Waals surface area contributed by atoms with E-state index in [2.05, 4.69) is 20.2 Å². The largest absolute Gasteiger partial charge is 0.384 e. The molecule has 1 aliphatic heterocycles. The van der Waals surface area contributed by atoms with Crippen molar-refractivity contribution in [3.63, 3.8) is 0 Å². The molecule has 1 aliphatic rings. The standard InChI is InChI=1S/C17H17N7O/c1-11-9-23(17(25)12-5-7-20-14(18)8-12)10-15-21-22-16(24(11)15)13-4-2-3-6-19-13/h2-8,11H,9-10H2,1H3,(H2,18,20)/t11-/m0/s1. The Morgan fingerprint density at radius 3 is 2.84 bits per heavy atom. The summed E-state index contributed by atoms with van der Waals surface area (Å²) in [6, 6.07) is 8.98. The van der Waals surface area contributed by atoms with Crippen LogP contribution in [-0.4, -0.2) is 42.1 Å². The van der Waals surface area contributed by atoms with E-state index in [9.17, 15) is 4.79 Å². The number of nitrogens with zero attached hydrogens (tertiary/aromatic N) is 6. The van der Waals surface area contributed by atoms with Crippen LogP contribution >= 0.6 is 0 Å². The summed E-state index contributed by atoms with van der Waals surface area (Å²) in [4.78, 5) is 22.8. The summed E-state index contributed by atoms with van der Waals surface area (Å²) in [7, 11) is 0. The highest BCUT2D eigenvalue weighted by molar-refractivity contribution is 5.94. The van der Waals surface area contributed by atoms with Crippen molar-refractivity contribution in [1.82, 2.24) is 29.6 Å². The molecule has 0 spiro atoms. The normalized spacial score (nSPS) is 16.5. The molecule has 126 valence electrons. The molecule has 0 aromatic carbocycles. The van der Waals surface area contributed by atoms with Gasteiger partial charge in [0.05, 0.1) is 12.6 Å². The number of nitrogens with two attached hydrogens (primary N) is 1. The highest BCUT2D eigenvalue weighted by atomic mass is 16.2. The van der Waals surface area contributed by atoms with Crippen LogP contribution < -0.4 is 5.73 Å². The first-order valence-electron chi connectivity index (χ1n) is 7.99. The van der Waals surface area contributed by atoms with Crippen molar-refractivity contribution < 1.29 is 4.79 Å². The second-order valence-electron chi connectivity index (χ2n) is 6.03. The van der Waals surface area contributed by atoms with Crippen LogP contribution in [0.2, 0.25) is 0 Å². The number of amides is 1. The van der Waals surface area contributed by atoms with E-state index in [0.29, 0.717) is 24.5 Å². The first kappa shape index (κ1) is 15.3. The van der Waals surface area contributed by atoms with Crippen LogP contribution in [0.3, 0.4) is 0 Å². The average Bonchev–Trinajstić information content (AvgIpc) is 3.06.